The molecule has 0 amide bonds. The van der Waals surface area contributed by atoms with Gasteiger partial charge < -0.3 is 24.1 Å². The second kappa shape index (κ2) is 16.4. The molecule has 13 heteroatoms. The van der Waals surface area contributed by atoms with Gasteiger partial charge in [0.2, 0.25) is 5.70 Å². The average molecular weight is 787 g/mol. The number of aryl methyl sites for hydroxylation is 2. The molecule has 1 aliphatic rings. The van der Waals surface area contributed by atoms with Gasteiger partial charge in [-0.25, -0.2) is 24.3 Å². The van der Waals surface area contributed by atoms with E-state index < -0.39 is 5.97 Å². The Labute approximate surface area is 332 Å². The van der Waals surface area contributed by atoms with Crippen LogP contribution in [0.5, 0.6) is 28.7 Å². The quantitative estimate of drug-likeness (QED) is 0.0564. The number of phenolic OH excluding ortho intramolecular Hbond substituents is 1. The number of benzene rings is 5. The summed E-state index contributed by atoms with van der Waals surface area (Å²) in [4.78, 5) is 27.0. The van der Waals surface area contributed by atoms with Gasteiger partial charge in [0.1, 0.15) is 41.8 Å². The summed E-state index contributed by atoms with van der Waals surface area (Å²) in [5.41, 5.74) is 4.59. The predicted molar refractivity (Wildman–Crippen MR) is 214 cm³/mol. The summed E-state index contributed by atoms with van der Waals surface area (Å²) >= 11 is 12.4. The van der Waals surface area contributed by atoms with Crippen molar-refractivity contribution in [1.82, 2.24) is 14.8 Å². The molecule has 0 radical (unpaired) electrons. The Kier molecular flexibility index (Phi) is 11.0. The van der Waals surface area contributed by atoms with E-state index in [0.717, 1.165) is 28.0 Å². The first-order valence-electron chi connectivity index (χ1n) is 17.3. The van der Waals surface area contributed by atoms with Crippen molar-refractivity contribution in [2.45, 2.75) is 20.3 Å². The van der Waals surface area contributed by atoms with Crippen LogP contribution in [-0.2, 0) is 11.2 Å². The predicted octanol–water partition coefficient (Wildman–Crippen LogP) is 9.46. The minimum absolute atomic E-state index is 0.0146. The van der Waals surface area contributed by atoms with Gasteiger partial charge in [-0.05, 0) is 79.6 Å². The van der Waals surface area contributed by atoms with E-state index in [1.54, 1.807) is 25.3 Å². The van der Waals surface area contributed by atoms with Crippen LogP contribution in [0.4, 0.5) is 5.69 Å². The maximum absolute atomic E-state index is 14.1. The molecule has 0 atom stereocenters. The number of methoxy groups -OCH3 is 1. The number of aliphatic imine (C=N–C) groups is 1. The highest BCUT2D eigenvalue weighted by Gasteiger charge is 2.37. The van der Waals surface area contributed by atoms with Crippen LogP contribution in [0.1, 0.15) is 28.1 Å². The number of hydrogen-bond donors (Lipinski definition) is 1. The lowest BCUT2D eigenvalue weighted by atomic mass is 10.0. The molecule has 11 nitrogen and oxygen atoms in total. The summed E-state index contributed by atoms with van der Waals surface area (Å²) in [5.74, 6) is 1.72. The molecule has 0 spiro atoms. The van der Waals surface area contributed by atoms with E-state index in [2.05, 4.69) is 26.0 Å². The van der Waals surface area contributed by atoms with Gasteiger partial charge in [0.05, 0.1) is 29.4 Å². The third-order valence-corrected chi connectivity index (χ3v) is 9.31. The Hall–Kier alpha value is -6.61. The van der Waals surface area contributed by atoms with Crippen molar-refractivity contribution in [3.8, 4) is 40.1 Å². The molecule has 1 aliphatic heterocycles. The van der Waals surface area contributed by atoms with Gasteiger partial charge in [0.25, 0.3) is 0 Å². The van der Waals surface area contributed by atoms with Crippen LogP contribution in [0.2, 0.25) is 10.0 Å². The van der Waals surface area contributed by atoms with E-state index in [1.807, 2.05) is 80.6 Å². The van der Waals surface area contributed by atoms with Gasteiger partial charge in [-0.3, -0.25) is 0 Å². The number of allylic oxidation sites excluding steroid dienone is 1. The minimum Gasteiger partial charge on any atom is -0.505 e. The molecular weight excluding hydrogens is 753 g/mol. The highest BCUT2D eigenvalue weighted by atomic mass is 35.5. The lowest BCUT2D eigenvalue weighted by Gasteiger charge is -2.14. The minimum atomic E-state index is -0.819. The summed E-state index contributed by atoms with van der Waals surface area (Å²) in [6.45, 7) is 12.7. The number of rotatable bonds is 12. The number of fused-ring (bicyclic) bond motifs is 1. The topological polar surface area (TPSA) is 122 Å². The zero-order valence-electron chi connectivity index (χ0n) is 30.4. The van der Waals surface area contributed by atoms with Crippen molar-refractivity contribution in [3.05, 3.63) is 158 Å². The summed E-state index contributed by atoms with van der Waals surface area (Å²) in [6, 6.07) is 30.8. The lowest BCUT2D eigenvalue weighted by Crippen LogP contribution is -2.12. The lowest BCUT2D eigenvalue weighted by molar-refractivity contribution is -0.128. The zero-order valence-corrected chi connectivity index (χ0v) is 31.9. The number of aromatic hydroxyl groups is 1. The van der Waals surface area contributed by atoms with Crippen LogP contribution in [0.15, 0.2) is 114 Å². The number of carbonyl (C=O) groups excluding carboxylic acids is 1. The standard InChI is InChI=1S/C43H33Cl2N5O6/c1-25-8-11-28(12-9-25)40-48-41-37(38(46-3)42(50(41)49-40)47-30-23-34(44)39(51)35(45)24-30)43(52)56-33-7-5-6-27(22-33)21-29-20-26(2)10-17-36(29)55-19-18-54-32-15-13-31(53-4)14-16-32/h5-17,20,22-24,51H,18-19,21H2,1-2,4H3. The second-order valence-electron chi connectivity index (χ2n) is 12.8. The highest BCUT2D eigenvalue weighted by molar-refractivity contribution is 6.37. The third-order valence-electron chi connectivity index (χ3n) is 8.73. The zero-order chi connectivity index (χ0) is 39.3. The largest absolute Gasteiger partial charge is 0.505 e. The normalized spacial score (nSPS) is 12.7. The van der Waals surface area contributed by atoms with E-state index in [1.165, 1.54) is 16.8 Å². The van der Waals surface area contributed by atoms with E-state index in [-0.39, 0.29) is 50.2 Å². The molecule has 0 bridgehead atoms. The number of halogens is 2. The number of aromatic nitrogens is 3. The van der Waals surface area contributed by atoms with E-state index in [0.29, 0.717) is 42.5 Å². The molecule has 1 N–H and O–H groups in total. The Morgan fingerprint density at radius 1 is 0.857 bits per heavy atom. The molecule has 56 heavy (non-hydrogen) atoms. The number of carbonyl (C=O) groups is 1. The molecule has 0 unspecified atom stereocenters. The van der Waals surface area contributed by atoms with Crippen molar-refractivity contribution < 1.29 is 28.8 Å². The van der Waals surface area contributed by atoms with Crippen LogP contribution < -0.4 is 18.9 Å². The first kappa shape index (κ1) is 37.7. The molecule has 0 aliphatic carbocycles. The molecule has 7 rings (SSSR count). The van der Waals surface area contributed by atoms with Crippen molar-refractivity contribution in [3.63, 3.8) is 0 Å². The van der Waals surface area contributed by atoms with Gasteiger partial charge in [0.15, 0.2) is 23.2 Å². The Bertz CT molecular complexity index is 2530. The molecule has 1 aromatic heterocycles. The summed E-state index contributed by atoms with van der Waals surface area (Å²) in [5, 5.41) is 14.7. The summed E-state index contributed by atoms with van der Waals surface area (Å²) in [7, 11) is 1.62. The fourth-order valence-electron chi connectivity index (χ4n) is 5.96. The van der Waals surface area contributed by atoms with Gasteiger partial charge in [-0.15, -0.1) is 5.10 Å². The van der Waals surface area contributed by atoms with E-state index in [4.69, 9.17) is 48.7 Å². The maximum atomic E-state index is 14.1. The van der Waals surface area contributed by atoms with Gasteiger partial charge in [0, 0.05) is 12.0 Å². The van der Waals surface area contributed by atoms with Gasteiger partial charge in [-0.2, -0.15) is 0 Å². The van der Waals surface area contributed by atoms with Crippen molar-refractivity contribution in [2.75, 3.05) is 20.3 Å². The molecular formula is C43H33Cl2N5O6. The van der Waals surface area contributed by atoms with Crippen LogP contribution in [-0.4, -0.2) is 52.0 Å². The van der Waals surface area contributed by atoms with E-state index in [9.17, 15) is 9.90 Å². The monoisotopic (exact) mass is 785 g/mol. The smallest absolute Gasteiger partial charge is 0.336 e. The Morgan fingerprint density at radius 3 is 2.27 bits per heavy atom. The number of hydrogen-bond acceptors (Lipinski definition) is 9. The second-order valence-corrected chi connectivity index (χ2v) is 13.6. The molecule has 280 valence electrons. The summed E-state index contributed by atoms with van der Waals surface area (Å²) < 4.78 is 24.4. The maximum Gasteiger partial charge on any atom is 0.336 e. The summed E-state index contributed by atoms with van der Waals surface area (Å²) in [6.07, 6.45) is 0.487. The first-order valence-corrected chi connectivity index (χ1v) is 18.1. The van der Waals surface area contributed by atoms with E-state index >= 15 is 0 Å². The van der Waals surface area contributed by atoms with Crippen molar-refractivity contribution >= 4 is 46.3 Å². The highest BCUT2D eigenvalue weighted by Crippen LogP contribution is 2.38. The molecule has 0 saturated heterocycles. The SMILES string of the molecule is [C-]#[N+]C1=C(C(=O)Oc2cccc(Cc3cc(C)ccc3OCCOc3ccc(OC)cc3)c2)c2nc(-c3ccc(C)cc3)nn2C1=Nc1cc(Cl)c(O)c(Cl)c1. The van der Waals surface area contributed by atoms with Crippen LogP contribution in [0, 0.1) is 20.4 Å². The van der Waals surface area contributed by atoms with Crippen LogP contribution in [0.25, 0.3) is 21.8 Å². The fraction of sp³-hybridized carbons (Fsp3) is 0.140. The molecule has 0 fully saturated rings. The molecule has 6 aromatic rings. The molecule has 2 heterocycles. The number of ether oxygens (including phenoxy) is 4. The first-order chi connectivity index (χ1) is 27.1. The van der Waals surface area contributed by atoms with Crippen LogP contribution in [0.3, 0.4) is 0 Å². The van der Waals surface area contributed by atoms with Gasteiger partial charge >= 0.3 is 5.97 Å². The number of nitrogens with zero attached hydrogens (tertiary/aromatic N) is 5. The van der Waals surface area contributed by atoms with Crippen molar-refractivity contribution in [1.29, 1.82) is 0 Å². The number of phenols is 1. The number of esters is 1. The van der Waals surface area contributed by atoms with Crippen molar-refractivity contribution in [2.24, 2.45) is 4.99 Å². The fourth-order valence-corrected chi connectivity index (χ4v) is 6.44. The molecule has 5 aromatic carbocycles. The van der Waals surface area contributed by atoms with Crippen LogP contribution >= 0.6 is 23.2 Å². The third kappa shape index (κ3) is 8.22. The Morgan fingerprint density at radius 2 is 1.55 bits per heavy atom. The average Bonchev–Trinajstić information content (AvgIpc) is 3.74. The Balaban J connectivity index is 1.14. The van der Waals surface area contributed by atoms with Gasteiger partial charge in [-0.1, -0.05) is 82.9 Å². The molecule has 0 saturated carbocycles.